The fraction of sp³-hybridized carbons (Fsp3) is 0.484. The van der Waals surface area contributed by atoms with Crippen molar-refractivity contribution < 1.29 is 18.3 Å². The molecule has 0 unspecified atom stereocenters. The average Bonchev–Trinajstić information content (AvgIpc) is 2.96. The third-order valence-corrected chi connectivity index (χ3v) is 10.1. The summed E-state index contributed by atoms with van der Waals surface area (Å²) in [7, 11) is 1.95. The Morgan fingerprint density at radius 1 is 0.946 bits per heavy atom. The van der Waals surface area contributed by atoms with Crippen molar-refractivity contribution in [3.63, 3.8) is 0 Å². The third kappa shape index (κ3) is 5.37. The molecule has 1 aliphatic heterocycles. The number of unbranched alkanes of at least 4 members (excludes halogenated alkanes) is 2. The molecule has 3 aromatic carbocycles. The first-order valence-electron chi connectivity index (χ1n) is 13.5. The van der Waals surface area contributed by atoms with Crippen LogP contribution in [0.2, 0.25) is 0 Å². The van der Waals surface area contributed by atoms with E-state index in [9.17, 15) is 13.5 Å². The molecule has 6 heteroatoms. The number of ether oxygens (including phenoxy) is 1. The zero-order valence-corrected chi connectivity index (χ0v) is 23.6. The van der Waals surface area contributed by atoms with Crippen LogP contribution < -0.4 is 9.64 Å². The molecule has 0 aliphatic carbocycles. The quantitative estimate of drug-likeness (QED) is 0.344. The summed E-state index contributed by atoms with van der Waals surface area (Å²) in [5.74, 6) is 0.323. The Bertz CT molecular complexity index is 1340. The van der Waals surface area contributed by atoms with Crippen LogP contribution >= 0.6 is 0 Å². The van der Waals surface area contributed by atoms with Crippen molar-refractivity contribution in [3.05, 3.63) is 65.7 Å². The molecule has 0 radical (unpaired) electrons. The number of sulfone groups is 1. The van der Waals surface area contributed by atoms with Crippen molar-refractivity contribution in [2.45, 2.75) is 69.3 Å². The lowest BCUT2D eigenvalue weighted by Crippen LogP contribution is -2.43. The Balaban J connectivity index is 1.98. The molecule has 5 nitrogen and oxygen atoms in total. The molecule has 0 saturated carbocycles. The van der Waals surface area contributed by atoms with Gasteiger partial charge in [0.2, 0.25) is 0 Å². The van der Waals surface area contributed by atoms with Crippen LogP contribution in [0.5, 0.6) is 5.75 Å². The first-order chi connectivity index (χ1) is 17.7. The predicted octanol–water partition coefficient (Wildman–Crippen LogP) is 6.56. The molecule has 1 N–H and O–H groups in total. The summed E-state index contributed by atoms with van der Waals surface area (Å²) in [5.41, 5.74) is 1.85. The fourth-order valence-electron chi connectivity index (χ4n) is 5.95. The molecule has 3 aromatic rings. The van der Waals surface area contributed by atoms with Gasteiger partial charge in [0.15, 0.2) is 9.84 Å². The highest BCUT2D eigenvalue weighted by atomic mass is 32.2. The van der Waals surface area contributed by atoms with Gasteiger partial charge in [-0.1, -0.05) is 63.8 Å². The number of aliphatic hydroxyl groups is 1. The highest BCUT2D eigenvalue weighted by Gasteiger charge is 2.49. The van der Waals surface area contributed by atoms with Crippen molar-refractivity contribution in [1.29, 1.82) is 0 Å². The lowest BCUT2D eigenvalue weighted by Gasteiger charge is -2.40. The Morgan fingerprint density at radius 2 is 1.59 bits per heavy atom. The van der Waals surface area contributed by atoms with E-state index in [2.05, 4.69) is 26.0 Å². The number of hydrogen-bond acceptors (Lipinski definition) is 5. The molecule has 4 rings (SSSR count). The molecular formula is C31H41NO4S. The van der Waals surface area contributed by atoms with Crippen LogP contribution in [0.15, 0.2) is 59.5 Å². The molecule has 2 atom stereocenters. The number of fused-ring (bicyclic) bond motifs is 2. The number of hydrogen-bond donors (Lipinski definition) is 1. The van der Waals surface area contributed by atoms with Crippen LogP contribution in [0.3, 0.4) is 0 Å². The van der Waals surface area contributed by atoms with Gasteiger partial charge in [-0.25, -0.2) is 8.42 Å². The van der Waals surface area contributed by atoms with Gasteiger partial charge in [0.1, 0.15) is 5.75 Å². The summed E-state index contributed by atoms with van der Waals surface area (Å²) in [6.07, 6.45) is 4.26. The van der Waals surface area contributed by atoms with Gasteiger partial charge in [0.25, 0.3) is 0 Å². The van der Waals surface area contributed by atoms with Gasteiger partial charge in [0.05, 0.1) is 23.9 Å². The molecule has 0 spiro atoms. The van der Waals surface area contributed by atoms with Crippen molar-refractivity contribution >= 4 is 26.3 Å². The number of nitrogens with zero attached hydrogens (tertiary/aromatic N) is 1. The van der Waals surface area contributed by atoms with E-state index in [0.29, 0.717) is 23.3 Å². The van der Waals surface area contributed by atoms with E-state index in [0.717, 1.165) is 53.5 Å². The van der Waals surface area contributed by atoms with Crippen LogP contribution in [-0.4, -0.2) is 46.6 Å². The summed E-state index contributed by atoms with van der Waals surface area (Å²) < 4.78 is 33.4. The van der Waals surface area contributed by atoms with E-state index in [4.69, 9.17) is 4.74 Å². The summed E-state index contributed by atoms with van der Waals surface area (Å²) in [6, 6.07) is 17.8. The smallest absolute Gasteiger partial charge is 0.179 e. The molecule has 200 valence electrons. The molecule has 37 heavy (non-hydrogen) atoms. The topological polar surface area (TPSA) is 66.8 Å². The second-order valence-corrected chi connectivity index (χ2v) is 12.8. The standard InChI is InChI=1S/C31H41NO4S/c1-6-8-16-31(17-9-7-2)21-37(34,35)28-15-13-25(32(3)4)20-27(28)29(30(31)33)24-11-10-23-19-26(36-5)14-12-22(23)18-24/h10-15,18-20,29-30,33H,6-9,16-17,21H2,1-5H3/t29-,30-/m1/s1. The van der Waals surface area contributed by atoms with Crippen LogP contribution in [-0.2, 0) is 9.84 Å². The Hall–Kier alpha value is -2.57. The molecule has 0 aromatic heterocycles. The normalized spacial score (nSPS) is 20.3. The number of aliphatic hydroxyl groups excluding tert-OH is 1. The largest absolute Gasteiger partial charge is 0.497 e. The minimum absolute atomic E-state index is 0.0171. The zero-order chi connectivity index (χ0) is 26.8. The van der Waals surface area contributed by atoms with E-state index in [1.165, 1.54) is 0 Å². The van der Waals surface area contributed by atoms with Crippen LogP contribution in [0, 0.1) is 5.41 Å². The van der Waals surface area contributed by atoms with Gasteiger partial charge in [-0.15, -0.1) is 0 Å². The summed E-state index contributed by atoms with van der Waals surface area (Å²) in [5, 5.41) is 14.4. The predicted molar refractivity (Wildman–Crippen MR) is 153 cm³/mol. The second-order valence-electron chi connectivity index (χ2n) is 10.8. The summed E-state index contributed by atoms with van der Waals surface area (Å²) >= 11 is 0. The number of anilines is 1. The third-order valence-electron chi connectivity index (χ3n) is 8.09. The maximum atomic E-state index is 14.0. The SMILES string of the molecule is CCCCC1(CCCC)CS(=O)(=O)c2ccc(N(C)C)cc2[C@@H](c2ccc3cc(OC)ccc3c2)[C@H]1O. The summed E-state index contributed by atoms with van der Waals surface area (Å²) in [4.78, 5) is 2.34. The number of methoxy groups -OCH3 is 1. The molecule has 1 heterocycles. The molecule has 0 saturated heterocycles. The maximum Gasteiger partial charge on any atom is 0.179 e. The molecular weight excluding hydrogens is 482 g/mol. The molecule has 1 aliphatic rings. The van der Waals surface area contributed by atoms with Gasteiger partial charge >= 0.3 is 0 Å². The van der Waals surface area contributed by atoms with Crippen molar-refractivity contribution in [2.24, 2.45) is 5.41 Å². The monoisotopic (exact) mass is 523 g/mol. The summed E-state index contributed by atoms with van der Waals surface area (Å²) in [6.45, 7) is 4.25. The van der Waals surface area contributed by atoms with Crippen molar-refractivity contribution in [3.8, 4) is 5.75 Å². The van der Waals surface area contributed by atoms with Crippen LogP contribution in [0.25, 0.3) is 10.8 Å². The minimum Gasteiger partial charge on any atom is -0.497 e. The van der Waals surface area contributed by atoms with E-state index in [-0.39, 0.29) is 5.75 Å². The van der Waals surface area contributed by atoms with Crippen molar-refractivity contribution in [2.75, 3.05) is 31.9 Å². The van der Waals surface area contributed by atoms with Crippen LogP contribution in [0.4, 0.5) is 5.69 Å². The first kappa shape index (κ1) is 27.5. The van der Waals surface area contributed by atoms with Gasteiger partial charge in [0, 0.05) is 31.1 Å². The zero-order valence-electron chi connectivity index (χ0n) is 22.8. The van der Waals surface area contributed by atoms with Gasteiger partial charge in [-0.3, -0.25) is 0 Å². The van der Waals surface area contributed by atoms with Gasteiger partial charge < -0.3 is 14.7 Å². The fourth-order valence-corrected chi connectivity index (χ4v) is 8.15. The van der Waals surface area contributed by atoms with E-state index in [1.54, 1.807) is 13.2 Å². The maximum absolute atomic E-state index is 14.0. The highest BCUT2D eigenvalue weighted by molar-refractivity contribution is 7.91. The molecule has 0 amide bonds. The Morgan fingerprint density at radius 3 is 2.22 bits per heavy atom. The Labute approximate surface area is 222 Å². The average molecular weight is 524 g/mol. The number of rotatable bonds is 9. The van der Waals surface area contributed by atoms with Gasteiger partial charge in [-0.05, 0) is 65.1 Å². The first-order valence-corrected chi connectivity index (χ1v) is 15.1. The van der Waals surface area contributed by atoms with Gasteiger partial charge in [-0.2, -0.15) is 0 Å². The lowest BCUT2D eigenvalue weighted by molar-refractivity contribution is 0.0127. The molecule has 0 bridgehead atoms. The molecule has 0 fully saturated rings. The minimum atomic E-state index is -3.61. The lowest BCUT2D eigenvalue weighted by atomic mass is 9.68. The number of benzene rings is 3. The van der Waals surface area contributed by atoms with E-state index < -0.39 is 27.3 Å². The van der Waals surface area contributed by atoms with E-state index >= 15 is 0 Å². The van der Waals surface area contributed by atoms with Crippen LogP contribution in [0.1, 0.15) is 69.4 Å². The highest BCUT2D eigenvalue weighted by Crippen LogP contribution is 2.50. The van der Waals surface area contributed by atoms with Crippen molar-refractivity contribution in [1.82, 2.24) is 0 Å². The Kier molecular flexibility index (Phi) is 8.20. The second kappa shape index (κ2) is 11.0. The van der Waals surface area contributed by atoms with E-state index in [1.807, 2.05) is 55.4 Å².